The Morgan fingerprint density at radius 3 is 2.50 bits per heavy atom. The minimum Gasteiger partial charge on any atom is -0.497 e. The molecular weight excluding hydrogens is 327 g/mol. The van der Waals surface area contributed by atoms with Gasteiger partial charge in [0.25, 0.3) is 5.91 Å². The molecule has 0 spiro atoms. The maximum atomic E-state index is 12.5. The highest BCUT2D eigenvalue weighted by Crippen LogP contribution is 2.30. The topological polar surface area (TPSA) is 76.2 Å². The Morgan fingerprint density at radius 1 is 1.25 bits per heavy atom. The van der Waals surface area contributed by atoms with Crippen molar-refractivity contribution in [3.8, 4) is 11.5 Å². The number of nitrogens with zero attached hydrogens (tertiary/aromatic N) is 1. The minimum atomic E-state index is -4.59. The van der Waals surface area contributed by atoms with Crippen molar-refractivity contribution in [3.05, 3.63) is 41.2 Å². The molecular formula is C15H16F3N3O3. The number of carbonyl (C=O) groups excluding carboxylic acids is 1. The van der Waals surface area contributed by atoms with Gasteiger partial charge in [-0.25, -0.2) is 0 Å². The van der Waals surface area contributed by atoms with Crippen molar-refractivity contribution in [1.82, 2.24) is 15.5 Å². The van der Waals surface area contributed by atoms with E-state index >= 15 is 0 Å². The van der Waals surface area contributed by atoms with Gasteiger partial charge in [0.05, 0.1) is 20.3 Å². The SMILES string of the molecule is COc1ccc(OC)c(C(C)NC(=O)c2cc(C(F)(F)F)[nH]n2)c1. The van der Waals surface area contributed by atoms with Crippen LogP contribution in [0.5, 0.6) is 11.5 Å². The van der Waals surface area contributed by atoms with Gasteiger partial charge in [0.1, 0.15) is 17.2 Å². The van der Waals surface area contributed by atoms with E-state index in [0.717, 1.165) is 0 Å². The standard InChI is InChI=1S/C15H16F3N3O3/c1-8(10-6-9(23-2)4-5-12(10)24-3)19-14(22)11-7-13(21-20-11)15(16,17)18/h4-8H,1-3H3,(H,19,22)(H,20,21). The molecule has 24 heavy (non-hydrogen) atoms. The molecule has 0 saturated carbocycles. The number of alkyl halides is 3. The molecule has 2 rings (SSSR count). The van der Waals surface area contributed by atoms with Gasteiger partial charge in [-0.1, -0.05) is 0 Å². The number of nitrogens with one attached hydrogen (secondary N) is 2. The van der Waals surface area contributed by atoms with Crippen LogP contribution < -0.4 is 14.8 Å². The summed E-state index contributed by atoms with van der Waals surface area (Å²) in [7, 11) is 2.97. The molecule has 6 nitrogen and oxygen atoms in total. The van der Waals surface area contributed by atoms with E-state index in [1.165, 1.54) is 14.2 Å². The molecule has 0 aliphatic carbocycles. The average molecular weight is 343 g/mol. The zero-order chi connectivity index (χ0) is 17.9. The number of carbonyl (C=O) groups is 1. The number of aromatic nitrogens is 2. The molecule has 0 fully saturated rings. The van der Waals surface area contributed by atoms with Gasteiger partial charge >= 0.3 is 6.18 Å². The van der Waals surface area contributed by atoms with Crippen LogP contribution in [0.25, 0.3) is 0 Å². The normalized spacial score (nSPS) is 12.6. The molecule has 0 radical (unpaired) electrons. The van der Waals surface area contributed by atoms with Gasteiger partial charge in [-0.3, -0.25) is 9.89 Å². The molecule has 2 N–H and O–H groups in total. The molecule has 2 aromatic rings. The van der Waals surface area contributed by atoms with E-state index in [4.69, 9.17) is 9.47 Å². The van der Waals surface area contributed by atoms with Crippen molar-refractivity contribution >= 4 is 5.91 Å². The van der Waals surface area contributed by atoms with E-state index in [9.17, 15) is 18.0 Å². The summed E-state index contributed by atoms with van der Waals surface area (Å²) in [6.07, 6.45) is -4.59. The largest absolute Gasteiger partial charge is 0.497 e. The van der Waals surface area contributed by atoms with Crippen molar-refractivity contribution in [3.63, 3.8) is 0 Å². The molecule has 1 aromatic carbocycles. The number of rotatable bonds is 5. The number of H-pyrrole nitrogens is 1. The first-order chi connectivity index (χ1) is 11.3. The van der Waals surface area contributed by atoms with Crippen LogP contribution in [0, 0.1) is 0 Å². The first-order valence-corrected chi connectivity index (χ1v) is 6.91. The van der Waals surface area contributed by atoms with Crippen molar-refractivity contribution in [2.24, 2.45) is 0 Å². The van der Waals surface area contributed by atoms with E-state index in [0.29, 0.717) is 23.1 Å². The molecule has 1 unspecified atom stereocenters. The van der Waals surface area contributed by atoms with Crippen LogP contribution >= 0.6 is 0 Å². The van der Waals surface area contributed by atoms with Gasteiger partial charge in [-0.15, -0.1) is 0 Å². The molecule has 1 aromatic heterocycles. The molecule has 0 aliphatic rings. The summed E-state index contributed by atoms with van der Waals surface area (Å²) < 4.78 is 48.0. The number of amides is 1. The fourth-order valence-electron chi connectivity index (χ4n) is 2.11. The monoisotopic (exact) mass is 343 g/mol. The third-order valence-electron chi connectivity index (χ3n) is 3.37. The maximum absolute atomic E-state index is 12.5. The molecule has 0 saturated heterocycles. The smallest absolute Gasteiger partial charge is 0.432 e. The van der Waals surface area contributed by atoms with Gasteiger partial charge in [0.15, 0.2) is 5.69 Å². The van der Waals surface area contributed by atoms with Gasteiger partial charge in [-0.2, -0.15) is 18.3 Å². The van der Waals surface area contributed by atoms with Crippen molar-refractivity contribution in [2.75, 3.05) is 14.2 Å². The van der Waals surface area contributed by atoms with Crippen molar-refractivity contribution in [1.29, 1.82) is 0 Å². The van der Waals surface area contributed by atoms with E-state index in [1.54, 1.807) is 30.2 Å². The van der Waals surface area contributed by atoms with Gasteiger partial charge < -0.3 is 14.8 Å². The Hall–Kier alpha value is -2.71. The average Bonchev–Trinajstić information content (AvgIpc) is 3.04. The van der Waals surface area contributed by atoms with E-state index in [2.05, 4.69) is 10.4 Å². The van der Waals surface area contributed by atoms with Crippen LogP contribution in [0.2, 0.25) is 0 Å². The highest BCUT2D eigenvalue weighted by atomic mass is 19.4. The fraction of sp³-hybridized carbons (Fsp3) is 0.333. The number of halogens is 3. The lowest BCUT2D eigenvalue weighted by molar-refractivity contribution is -0.141. The van der Waals surface area contributed by atoms with E-state index < -0.39 is 23.8 Å². The molecule has 1 atom stereocenters. The lowest BCUT2D eigenvalue weighted by Crippen LogP contribution is -2.27. The maximum Gasteiger partial charge on any atom is 0.432 e. The molecule has 130 valence electrons. The summed E-state index contributed by atoms with van der Waals surface area (Å²) in [5.74, 6) is 0.340. The fourth-order valence-corrected chi connectivity index (χ4v) is 2.11. The lowest BCUT2D eigenvalue weighted by atomic mass is 10.1. The van der Waals surface area contributed by atoms with Crippen LogP contribution in [0.4, 0.5) is 13.2 Å². The second kappa shape index (κ2) is 6.81. The van der Waals surface area contributed by atoms with Crippen LogP contribution in [-0.2, 0) is 6.18 Å². The van der Waals surface area contributed by atoms with Crippen LogP contribution in [-0.4, -0.2) is 30.3 Å². The van der Waals surface area contributed by atoms with Gasteiger partial charge in [-0.05, 0) is 25.1 Å². The zero-order valence-electron chi connectivity index (χ0n) is 13.2. The predicted molar refractivity (Wildman–Crippen MR) is 79.0 cm³/mol. The van der Waals surface area contributed by atoms with Gasteiger partial charge in [0.2, 0.25) is 0 Å². The van der Waals surface area contributed by atoms with Crippen LogP contribution in [0.1, 0.15) is 34.7 Å². The molecule has 0 aliphatic heterocycles. The summed E-state index contributed by atoms with van der Waals surface area (Å²) in [5, 5.41) is 7.77. The second-order valence-corrected chi connectivity index (χ2v) is 4.97. The third-order valence-corrected chi connectivity index (χ3v) is 3.37. The number of hydrogen-bond donors (Lipinski definition) is 2. The number of aromatic amines is 1. The first-order valence-electron chi connectivity index (χ1n) is 6.91. The first kappa shape index (κ1) is 17.6. The summed E-state index contributed by atoms with van der Waals surface area (Å²) in [6.45, 7) is 1.67. The highest BCUT2D eigenvalue weighted by Gasteiger charge is 2.34. The van der Waals surface area contributed by atoms with Gasteiger partial charge in [0, 0.05) is 11.6 Å². The number of ether oxygens (including phenoxy) is 2. The van der Waals surface area contributed by atoms with E-state index in [1.807, 2.05) is 0 Å². The van der Waals surface area contributed by atoms with Crippen LogP contribution in [0.3, 0.4) is 0 Å². The summed E-state index contributed by atoms with van der Waals surface area (Å²) in [6, 6.07) is 5.17. The predicted octanol–water partition coefficient (Wildman–Crippen LogP) is 2.94. The second-order valence-electron chi connectivity index (χ2n) is 4.97. The number of methoxy groups -OCH3 is 2. The number of hydrogen-bond acceptors (Lipinski definition) is 4. The van der Waals surface area contributed by atoms with E-state index in [-0.39, 0.29) is 5.69 Å². The van der Waals surface area contributed by atoms with Crippen LogP contribution in [0.15, 0.2) is 24.3 Å². The summed E-state index contributed by atoms with van der Waals surface area (Å²) in [4.78, 5) is 12.1. The summed E-state index contributed by atoms with van der Waals surface area (Å²) in [5.41, 5.74) is -0.813. The molecule has 0 bridgehead atoms. The highest BCUT2D eigenvalue weighted by molar-refractivity contribution is 5.92. The number of benzene rings is 1. The Labute approximate surface area is 136 Å². The minimum absolute atomic E-state index is 0.351. The Morgan fingerprint density at radius 2 is 1.96 bits per heavy atom. The molecule has 9 heteroatoms. The Bertz CT molecular complexity index is 728. The summed E-state index contributed by atoms with van der Waals surface area (Å²) >= 11 is 0. The lowest BCUT2D eigenvalue weighted by Gasteiger charge is -2.17. The third kappa shape index (κ3) is 3.79. The Balaban J connectivity index is 2.18. The zero-order valence-corrected chi connectivity index (χ0v) is 13.2. The van der Waals surface area contributed by atoms with Crippen molar-refractivity contribution < 1.29 is 27.4 Å². The molecule has 1 amide bonds. The van der Waals surface area contributed by atoms with Crippen molar-refractivity contribution in [2.45, 2.75) is 19.1 Å². The quantitative estimate of drug-likeness (QED) is 0.875. The molecule has 1 heterocycles. The Kier molecular flexibility index (Phi) is 5.01.